The molecule has 27 heavy (non-hydrogen) atoms. The summed E-state index contributed by atoms with van der Waals surface area (Å²) in [4.78, 5) is 0. The first kappa shape index (κ1) is 17.8. The molecule has 0 amide bonds. The van der Waals surface area contributed by atoms with Gasteiger partial charge in [0.2, 0.25) is 10.0 Å². The molecule has 0 radical (unpaired) electrons. The van der Waals surface area contributed by atoms with E-state index in [9.17, 15) is 13.6 Å². The van der Waals surface area contributed by atoms with Crippen molar-refractivity contribution in [2.45, 2.75) is 6.10 Å². The molecule has 1 N–H and O–H groups in total. The second-order valence-electron chi connectivity index (χ2n) is 6.58. The summed E-state index contributed by atoms with van der Waals surface area (Å²) >= 11 is 0. The summed E-state index contributed by atoms with van der Waals surface area (Å²) in [5.74, 6) is 0.626. The quantitative estimate of drug-likeness (QED) is 0.766. The molecule has 2 aliphatic heterocycles. The second kappa shape index (κ2) is 6.88. The van der Waals surface area contributed by atoms with Crippen LogP contribution in [0.2, 0.25) is 0 Å². The fourth-order valence-corrected chi connectivity index (χ4v) is 3.64. The number of hydrogen-bond donors (Lipinski definition) is 1. The summed E-state index contributed by atoms with van der Waals surface area (Å²) < 4.78 is 36.8. The van der Waals surface area contributed by atoms with Crippen LogP contribution in [-0.2, 0) is 14.8 Å². The number of nitrogens with zero attached hydrogens (tertiary/aromatic N) is 1. The normalized spacial score (nSPS) is 19.9. The first-order valence-corrected chi connectivity index (χ1v) is 10.4. The minimum absolute atomic E-state index is 0.109. The molecule has 7 nitrogen and oxygen atoms in total. The fourth-order valence-electron chi connectivity index (χ4n) is 3.06. The number of hydroxylamine groups is 1. The zero-order valence-corrected chi connectivity index (χ0v) is 15.5. The SMILES string of the molecule is CS(=O)(=O)Nc1ccccc1C=C1CN([O-])c2cccc(OCC3CO3)c21. The first-order valence-electron chi connectivity index (χ1n) is 8.50. The largest absolute Gasteiger partial charge is 0.758 e. The van der Waals surface area contributed by atoms with Crippen LogP contribution in [0.3, 0.4) is 0 Å². The highest BCUT2D eigenvalue weighted by atomic mass is 32.2. The van der Waals surface area contributed by atoms with E-state index < -0.39 is 10.0 Å². The van der Waals surface area contributed by atoms with Crippen LogP contribution >= 0.6 is 0 Å². The molecule has 2 aromatic carbocycles. The van der Waals surface area contributed by atoms with Crippen molar-refractivity contribution in [1.29, 1.82) is 0 Å². The van der Waals surface area contributed by atoms with Gasteiger partial charge in [0.1, 0.15) is 18.5 Å². The Morgan fingerprint density at radius 1 is 1.30 bits per heavy atom. The van der Waals surface area contributed by atoms with Crippen LogP contribution in [0.15, 0.2) is 42.5 Å². The van der Waals surface area contributed by atoms with E-state index >= 15 is 0 Å². The molecule has 142 valence electrons. The van der Waals surface area contributed by atoms with E-state index in [2.05, 4.69) is 4.72 Å². The molecule has 0 aliphatic carbocycles. The molecule has 2 heterocycles. The number of epoxide rings is 1. The number of nitrogens with one attached hydrogen (secondary N) is 1. The van der Waals surface area contributed by atoms with E-state index in [-0.39, 0.29) is 12.6 Å². The van der Waals surface area contributed by atoms with Crippen molar-refractivity contribution >= 4 is 33.0 Å². The van der Waals surface area contributed by atoms with Crippen LogP contribution in [0.4, 0.5) is 11.4 Å². The van der Waals surface area contributed by atoms with Gasteiger partial charge in [-0.2, -0.15) is 0 Å². The molecule has 1 saturated heterocycles. The van der Waals surface area contributed by atoms with Crippen molar-refractivity contribution < 1.29 is 17.9 Å². The number of sulfonamides is 1. The molecule has 0 spiro atoms. The first-order chi connectivity index (χ1) is 12.9. The molecule has 1 fully saturated rings. The molecule has 0 bridgehead atoms. The standard InChI is InChI=1S/C19H19N2O5S/c1-27(23,24)20-16-6-3-2-5-13(16)9-14-10-21(22)17-7-4-8-18(19(14)17)26-12-15-11-25-15/h2-9,15,20H,10-12H2,1H3/q-1. The van der Waals surface area contributed by atoms with E-state index in [4.69, 9.17) is 9.47 Å². The smallest absolute Gasteiger partial charge is 0.229 e. The lowest BCUT2D eigenvalue weighted by Crippen LogP contribution is -2.11. The van der Waals surface area contributed by atoms with Crippen LogP contribution < -0.4 is 14.5 Å². The van der Waals surface area contributed by atoms with Crippen LogP contribution in [0.25, 0.3) is 11.6 Å². The van der Waals surface area contributed by atoms with Gasteiger partial charge < -0.3 is 19.7 Å². The van der Waals surface area contributed by atoms with Crippen molar-refractivity contribution in [3.05, 3.63) is 58.8 Å². The van der Waals surface area contributed by atoms with Gasteiger partial charge in [0, 0.05) is 17.8 Å². The molecular weight excluding hydrogens is 368 g/mol. The number of rotatable bonds is 6. The van der Waals surface area contributed by atoms with Gasteiger partial charge in [-0.25, -0.2) is 8.42 Å². The second-order valence-corrected chi connectivity index (χ2v) is 8.33. The molecule has 4 rings (SSSR count). The van der Waals surface area contributed by atoms with Gasteiger partial charge >= 0.3 is 0 Å². The number of hydrogen-bond acceptors (Lipinski definition) is 6. The predicted octanol–water partition coefficient (Wildman–Crippen LogP) is 2.69. The highest BCUT2D eigenvalue weighted by Gasteiger charge is 2.26. The topological polar surface area (TPSA) is 94.2 Å². The third kappa shape index (κ3) is 4.08. The van der Waals surface area contributed by atoms with E-state index in [1.165, 1.54) is 0 Å². The van der Waals surface area contributed by atoms with Gasteiger partial charge in [0.15, 0.2) is 0 Å². The van der Waals surface area contributed by atoms with Crippen LogP contribution in [0, 0.1) is 5.21 Å². The van der Waals surface area contributed by atoms with Gasteiger partial charge in [0.25, 0.3) is 0 Å². The summed E-state index contributed by atoms with van der Waals surface area (Å²) in [5.41, 5.74) is 3.20. The average molecular weight is 387 g/mol. The van der Waals surface area contributed by atoms with Crippen molar-refractivity contribution in [2.24, 2.45) is 0 Å². The van der Waals surface area contributed by atoms with Gasteiger partial charge in [-0.3, -0.25) is 4.72 Å². The molecule has 0 saturated carbocycles. The van der Waals surface area contributed by atoms with Crippen LogP contribution in [0.1, 0.15) is 11.1 Å². The minimum Gasteiger partial charge on any atom is -0.758 e. The van der Waals surface area contributed by atoms with Gasteiger partial charge in [-0.1, -0.05) is 24.3 Å². The zero-order chi connectivity index (χ0) is 19.0. The molecule has 0 aromatic heterocycles. The average Bonchev–Trinajstić information content (AvgIpc) is 3.38. The van der Waals surface area contributed by atoms with Crippen LogP contribution in [-0.4, -0.2) is 40.5 Å². The van der Waals surface area contributed by atoms with Crippen molar-refractivity contribution in [1.82, 2.24) is 0 Å². The van der Waals surface area contributed by atoms with E-state index in [1.54, 1.807) is 30.3 Å². The number of anilines is 2. The molecule has 2 aromatic rings. The molecule has 1 unspecified atom stereocenters. The van der Waals surface area contributed by atoms with E-state index in [0.717, 1.165) is 22.5 Å². The minimum atomic E-state index is -3.41. The summed E-state index contributed by atoms with van der Waals surface area (Å²) in [6.45, 7) is 1.30. The fraction of sp³-hybridized carbons (Fsp3) is 0.263. The summed E-state index contributed by atoms with van der Waals surface area (Å²) in [5, 5.41) is 13.3. The van der Waals surface area contributed by atoms with Crippen molar-refractivity contribution in [3.63, 3.8) is 0 Å². The third-order valence-electron chi connectivity index (χ3n) is 4.32. The summed E-state index contributed by atoms with van der Waals surface area (Å²) in [7, 11) is -3.41. The van der Waals surface area contributed by atoms with Crippen molar-refractivity contribution in [3.8, 4) is 5.75 Å². The number of fused-ring (bicyclic) bond motifs is 1. The van der Waals surface area contributed by atoms with Crippen LogP contribution in [0.5, 0.6) is 5.75 Å². The molecule has 2 aliphatic rings. The maximum Gasteiger partial charge on any atom is 0.229 e. The lowest BCUT2D eigenvalue weighted by atomic mass is 10.0. The highest BCUT2D eigenvalue weighted by molar-refractivity contribution is 7.92. The molecule has 8 heteroatoms. The lowest BCUT2D eigenvalue weighted by molar-refractivity contribution is 0.262. The van der Waals surface area contributed by atoms with Gasteiger partial charge in [-0.15, -0.1) is 0 Å². The lowest BCUT2D eigenvalue weighted by Gasteiger charge is -2.24. The Kier molecular flexibility index (Phi) is 4.55. The Labute approximate surface area is 157 Å². The number of ether oxygens (including phenoxy) is 2. The number of para-hydroxylation sites is 1. The Morgan fingerprint density at radius 3 is 2.81 bits per heavy atom. The zero-order valence-electron chi connectivity index (χ0n) is 14.7. The molecular formula is C19H19N2O5S-. The number of benzene rings is 2. The predicted molar refractivity (Wildman–Crippen MR) is 105 cm³/mol. The Morgan fingerprint density at radius 2 is 2.07 bits per heavy atom. The molecule has 1 atom stereocenters. The third-order valence-corrected chi connectivity index (χ3v) is 4.91. The summed E-state index contributed by atoms with van der Waals surface area (Å²) in [6.07, 6.45) is 3.04. The Balaban J connectivity index is 1.72. The van der Waals surface area contributed by atoms with E-state index in [0.29, 0.717) is 35.9 Å². The maximum atomic E-state index is 12.4. The van der Waals surface area contributed by atoms with Gasteiger partial charge in [-0.05, 0) is 35.4 Å². The summed E-state index contributed by atoms with van der Waals surface area (Å²) in [6, 6.07) is 12.4. The Bertz CT molecular complexity index is 999. The highest BCUT2D eigenvalue weighted by Crippen LogP contribution is 2.42. The monoisotopic (exact) mass is 387 g/mol. The maximum absolute atomic E-state index is 12.4. The van der Waals surface area contributed by atoms with Gasteiger partial charge in [0.05, 0.1) is 18.6 Å². The van der Waals surface area contributed by atoms with Crippen molar-refractivity contribution in [2.75, 3.05) is 35.8 Å². The van der Waals surface area contributed by atoms with E-state index in [1.807, 2.05) is 18.2 Å². The Hall–Kier alpha value is -2.55.